The molecule has 2 aromatic heterocycles. The van der Waals surface area contributed by atoms with Crippen LogP contribution in [0, 0.1) is 6.92 Å². The molecule has 0 saturated carbocycles. The Bertz CT molecular complexity index is 705. The van der Waals surface area contributed by atoms with Gasteiger partial charge in [-0.1, -0.05) is 0 Å². The van der Waals surface area contributed by atoms with E-state index in [0.29, 0.717) is 18.0 Å². The van der Waals surface area contributed by atoms with E-state index in [-0.39, 0.29) is 17.9 Å². The van der Waals surface area contributed by atoms with Gasteiger partial charge >= 0.3 is 0 Å². The van der Waals surface area contributed by atoms with Crippen LogP contribution in [0.4, 0.5) is 0 Å². The van der Waals surface area contributed by atoms with Gasteiger partial charge in [-0.25, -0.2) is 4.98 Å². The first-order valence-corrected chi connectivity index (χ1v) is 9.22. The number of hydrogen-bond donors (Lipinski definition) is 2. The molecule has 2 aromatic rings. The van der Waals surface area contributed by atoms with Crippen molar-refractivity contribution in [3.05, 3.63) is 40.2 Å². The molecule has 7 nitrogen and oxygen atoms in total. The second-order valence-electron chi connectivity index (χ2n) is 6.15. The highest BCUT2D eigenvalue weighted by molar-refractivity contribution is 7.11. The van der Waals surface area contributed by atoms with Gasteiger partial charge in [0, 0.05) is 19.1 Å². The molecule has 3 rings (SSSR count). The third-order valence-corrected chi connectivity index (χ3v) is 5.21. The van der Waals surface area contributed by atoms with Gasteiger partial charge in [-0.05, 0) is 31.9 Å². The Balaban J connectivity index is 1.37. The van der Waals surface area contributed by atoms with Gasteiger partial charge in [0.25, 0.3) is 5.91 Å². The number of aromatic nitrogens is 1. The van der Waals surface area contributed by atoms with Crippen LogP contribution in [-0.2, 0) is 11.3 Å². The highest BCUT2D eigenvalue weighted by Gasteiger charge is 2.23. The number of piperidine rings is 1. The van der Waals surface area contributed by atoms with Gasteiger partial charge in [0.1, 0.15) is 10.6 Å². The summed E-state index contributed by atoms with van der Waals surface area (Å²) in [6.07, 6.45) is 3.28. The lowest BCUT2D eigenvalue weighted by atomic mass is 10.0. The Hall–Kier alpha value is -2.19. The molecule has 25 heavy (non-hydrogen) atoms. The summed E-state index contributed by atoms with van der Waals surface area (Å²) in [5.74, 6) is 0.682. The van der Waals surface area contributed by atoms with E-state index >= 15 is 0 Å². The topological polar surface area (TPSA) is 87.5 Å². The predicted octanol–water partition coefficient (Wildman–Crippen LogP) is 1.56. The smallest absolute Gasteiger partial charge is 0.263 e. The van der Waals surface area contributed by atoms with Gasteiger partial charge in [0.2, 0.25) is 5.91 Å². The Labute approximate surface area is 150 Å². The summed E-state index contributed by atoms with van der Waals surface area (Å²) in [4.78, 5) is 31.1. The zero-order chi connectivity index (χ0) is 17.6. The van der Waals surface area contributed by atoms with Crippen LogP contribution in [0.3, 0.4) is 0 Å². The third kappa shape index (κ3) is 4.90. The molecule has 1 aliphatic rings. The lowest BCUT2D eigenvalue weighted by Gasteiger charge is -2.31. The van der Waals surface area contributed by atoms with E-state index in [1.807, 2.05) is 13.0 Å². The summed E-state index contributed by atoms with van der Waals surface area (Å²) in [5, 5.41) is 5.92. The molecule has 1 fully saturated rings. The van der Waals surface area contributed by atoms with Crippen molar-refractivity contribution in [3.8, 4) is 0 Å². The van der Waals surface area contributed by atoms with E-state index in [1.54, 1.807) is 17.8 Å². The first kappa shape index (κ1) is 17.6. The van der Waals surface area contributed by atoms with Crippen LogP contribution >= 0.6 is 11.3 Å². The number of carbonyl (C=O) groups is 2. The number of furan rings is 1. The van der Waals surface area contributed by atoms with Gasteiger partial charge < -0.3 is 15.1 Å². The number of amides is 2. The second kappa shape index (κ2) is 8.26. The second-order valence-corrected chi connectivity index (χ2v) is 7.00. The number of carbonyl (C=O) groups excluding carboxylic acids is 2. The molecule has 0 unspecified atom stereocenters. The standard InChI is InChI=1S/C17H22N4O3S/c1-12-16(25-11-19-12)17(23)20-13-4-6-21(7-5-13)10-15(22)18-9-14-3-2-8-24-14/h2-3,8,11,13H,4-7,9-10H2,1H3,(H,18,22)(H,20,23). The maximum atomic E-state index is 12.2. The third-order valence-electron chi connectivity index (χ3n) is 4.28. The molecule has 0 bridgehead atoms. The molecule has 8 heteroatoms. The van der Waals surface area contributed by atoms with E-state index in [2.05, 4.69) is 20.5 Å². The fraction of sp³-hybridized carbons (Fsp3) is 0.471. The van der Waals surface area contributed by atoms with Gasteiger partial charge in [-0.15, -0.1) is 11.3 Å². The zero-order valence-corrected chi connectivity index (χ0v) is 15.0. The average Bonchev–Trinajstić information content (AvgIpc) is 3.26. The molecule has 0 atom stereocenters. The largest absolute Gasteiger partial charge is 0.467 e. The maximum absolute atomic E-state index is 12.2. The van der Waals surface area contributed by atoms with Gasteiger partial charge in [-0.3, -0.25) is 14.5 Å². The van der Waals surface area contributed by atoms with Crippen molar-refractivity contribution in [1.82, 2.24) is 20.5 Å². The molecule has 0 radical (unpaired) electrons. The summed E-state index contributed by atoms with van der Waals surface area (Å²) in [7, 11) is 0. The normalized spacial score (nSPS) is 15.9. The van der Waals surface area contributed by atoms with Crippen molar-refractivity contribution in [2.45, 2.75) is 32.4 Å². The summed E-state index contributed by atoms with van der Waals surface area (Å²) in [5.41, 5.74) is 2.46. The van der Waals surface area contributed by atoms with E-state index in [9.17, 15) is 9.59 Å². The van der Waals surface area contributed by atoms with Crippen LogP contribution in [-0.4, -0.2) is 47.4 Å². The van der Waals surface area contributed by atoms with Crippen molar-refractivity contribution in [1.29, 1.82) is 0 Å². The molecule has 0 aliphatic carbocycles. The highest BCUT2D eigenvalue weighted by Crippen LogP contribution is 2.15. The first-order valence-electron chi connectivity index (χ1n) is 8.34. The molecule has 1 aliphatic heterocycles. The lowest BCUT2D eigenvalue weighted by Crippen LogP contribution is -2.47. The number of nitrogens with one attached hydrogen (secondary N) is 2. The van der Waals surface area contributed by atoms with Crippen LogP contribution in [0.25, 0.3) is 0 Å². The maximum Gasteiger partial charge on any atom is 0.263 e. The Kier molecular flexibility index (Phi) is 5.83. The van der Waals surface area contributed by atoms with Crippen molar-refractivity contribution in [2.24, 2.45) is 0 Å². The minimum Gasteiger partial charge on any atom is -0.467 e. The quantitative estimate of drug-likeness (QED) is 0.814. The Morgan fingerprint density at radius 3 is 2.84 bits per heavy atom. The summed E-state index contributed by atoms with van der Waals surface area (Å²) < 4.78 is 5.19. The van der Waals surface area contributed by atoms with Gasteiger partial charge in [0.15, 0.2) is 0 Å². The van der Waals surface area contributed by atoms with Crippen LogP contribution in [0.2, 0.25) is 0 Å². The molecule has 1 saturated heterocycles. The molecule has 3 heterocycles. The van der Waals surface area contributed by atoms with Crippen LogP contribution in [0.1, 0.15) is 34.0 Å². The molecule has 2 amide bonds. The SMILES string of the molecule is Cc1ncsc1C(=O)NC1CCN(CC(=O)NCc2ccco2)CC1. The number of likely N-dealkylation sites (tertiary alicyclic amines) is 1. The molecule has 0 spiro atoms. The number of thiazole rings is 1. The molecule has 2 N–H and O–H groups in total. The van der Waals surface area contributed by atoms with Gasteiger partial charge in [-0.2, -0.15) is 0 Å². The molecular weight excluding hydrogens is 340 g/mol. The fourth-order valence-electron chi connectivity index (χ4n) is 2.86. The van der Waals surface area contributed by atoms with E-state index in [4.69, 9.17) is 4.42 Å². The van der Waals surface area contributed by atoms with Gasteiger partial charge in [0.05, 0.1) is 30.6 Å². The van der Waals surface area contributed by atoms with E-state index in [0.717, 1.165) is 37.4 Å². The lowest BCUT2D eigenvalue weighted by molar-refractivity contribution is -0.122. The van der Waals surface area contributed by atoms with Crippen molar-refractivity contribution in [3.63, 3.8) is 0 Å². The summed E-state index contributed by atoms with van der Waals surface area (Å²) >= 11 is 1.37. The highest BCUT2D eigenvalue weighted by atomic mass is 32.1. The Morgan fingerprint density at radius 2 is 2.20 bits per heavy atom. The minimum absolute atomic E-state index is 0.0147. The summed E-state index contributed by atoms with van der Waals surface area (Å²) in [6.45, 7) is 4.21. The Morgan fingerprint density at radius 1 is 1.40 bits per heavy atom. The molecular formula is C17H22N4O3S. The first-order chi connectivity index (χ1) is 12.1. The van der Waals surface area contributed by atoms with Crippen LogP contribution < -0.4 is 10.6 Å². The van der Waals surface area contributed by atoms with E-state index in [1.165, 1.54) is 11.3 Å². The average molecular weight is 362 g/mol. The van der Waals surface area contributed by atoms with E-state index < -0.39 is 0 Å². The van der Waals surface area contributed by atoms with Crippen molar-refractivity contribution >= 4 is 23.2 Å². The number of rotatable bonds is 6. The summed E-state index contributed by atoms with van der Waals surface area (Å²) in [6, 6.07) is 3.78. The zero-order valence-electron chi connectivity index (χ0n) is 14.2. The number of hydrogen-bond acceptors (Lipinski definition) is 6. The number of nitrogens with zero attached hydrogens (tertiary/aromatic N) is 2. The minimum atomic E-state index is -0.0466. The van der Waals surface area contributed by atoms with Crippen LogP contribution in [0.15, 0.2) is 28.3 Å². The number of aryl methyl sites for hydroxylation is 1. The van der Waals surface area contributed by atoms with Crippen molar-refractivity contribution < 1.29 is 14.0 Å². The van der Waals surface area contributed by atoms with Crippen LogP contribution in [0.5, 0.6) is 0 Å². The van der Waals surface area contributed by atoms with Crippen molar-refractivity contribution in [2.75, 3.05) is 19.6 Å². The monoisotopic (exact) mass is 362 g/mol. The molecule has 0 aromatic carbocycles. The fourth-order valence-corrected chi connectivity index (χ4v) is 3.57. The molecule has 134 valence electrons. The predicted molar refractivity (Wildman–Crippen MR) is 94.3 cm³/mol.